The van der Waals surface area contributed by atoms with Gasteiger partial charge in [-0.05, 0) is 67.4 Å². The van der Waals surface area contributed by atoms with Crippen molar-refractivity contribution in [1.29, 1.82) is 0 Å². The van der Waals surface area contributed by atoms with Crippen molar-refractivity contribution in [3.63, 3.8) is 0 Å². The fourth-order valence-electron chi connectivity index (χ4n) is 5.15. The summed E-state index contributed by atoms with van der Waals surface area (Å²) in [6.45, 7) is 1.09. The number of carbonyl (C=O) groups is 1. The number of carbonyl (C=O) groups excluding carboxylic acids is 1. The Morgan fingerprint density at radius 2 is 1.64 bits per heavy atom. The maximum Gasteiger partial charge on any atom is 0.416 e. The molecule has 1 aliphatic rings. The molecule has 0 saturated heterocycles. The van der Waals surface area contributed by atoms with Crippen LogP contribution in [0.2, 0.25) is 0 Å². The van der Waals surface area contributed by atoms with Crippen LogP contribution in [0.15, 0.2) is 53.3 Å². The van der Waals surface area contributed by atoms with Gasteiger partial charge in [0.15, 0.2) is 10.6 Å². The van der Waals surface area contributed by atoms with E-state index < -0.39 is 11.7 Å². The van der Waals surface area contributed by atoms with Gasteiger partial charge in [-0.1, -0.05) is 36.4 Å². The number of benzene rings is 2. The number of aromatic amines is 1. The van der Waals surface area contributed by atoms with E-state index in [1.165, 1.54) is 19.2 Å². The van der Waals surface area contributed by atoms with Gasteiger partial charge in [0.1, 0.15) is 5.82 Å². The molecule has 0 saturated carbocycles. The quantitative estimate of drug-likeness (QED) is 0.226. The van der Waals surface area contributed by atoms with Gasteiger partial charge in [0, 0.05) is 11.3 Å². The molecule has 0 unspecified atom stereocenters. The number of hydrogen-bond acceptors (Lipinski definition) is 7. The van der Waals surface area contributed by atoms with Crippen molar-refractivity contribution in [3.8, 4) is 11.1 Å². The molecule has 0 spiro atoms. The molecule has 2 heterocycles. The summed E-state index contributed by atoms with van der Waals surface area (Å²) in [5.41, 5.74) is 3.17. The Balaban J connectivity index is 1.44. The normalized spacial score (nSPS) is 13.0. The highest BCUT2D eigenvalue weighted by Crippen LogP contribution is 2.31. The number of fused-ring (bicyclic) bond motifs is 1. The Labute approximate surface area is 244 Å². The van der Waals surface area contributed by atoms with Gasteiger partial charge < -0.3 is 13.9 Å². The third-order valence-electron chi connectivity index (χ3n) is 7.34. The van der Waals surface area contributed by atoms with E-state index in [0.717, 1.165) is 47.4 Å². The third-order valence-corrected chi connectivity index (χ3v) is 7.66. The highest BCUT2D eigenvalue weighted by atomic mass is 32.1. The third kappa shape index (κ3) is 6.36. The van der Waals surface area contributed by atoms with Crippen molar-refractivity contribution in [3.05, 3.63) is 97.7 Å². The molecule has 0 bridgehead atoms. The van der Waals surface area contributed by atoms with E-state index in [1.807, 2.05) is 33.4 Å². The lowest BCUT2D eigenvalue weighted by atomic mass is 10.0. The van der Waals surface area contributed by atoms with E-state index in [1.54, 1.807) is 11.9 Å². The molecule has 5 rings (SSSR count). The summed E-state index contributed by atoms with van der Waals surface area (Å²) in [7, 11) is 3.11. The Morgan fingerprint density at radius 1 is 1.00 bits per heavy atom. The number of hydrogen-bond donors (Lipinski definition) is 1. The van der Waals surface area contributed by atoms with Crippen LogP contribution in [0.1, 0.15) is 40.5 Å². The molecule has 0 radical (unpaired) electrons. The Morgan fingerprint density at radius 3 is 2.29 bits per heavy atom. The SMILES string of the molecule is COC(=O)CN(C)Cc1nnc(Cn2c3c(c(=O)[nH]c2=S)CCC3)n1Cc1ccc(-c2ccc(C(F)(F)F)cc2)cc1. The minimum Gasteiger partial charge on any atom is -0.468 e. The lowest BCUT2D eigenvalue weighted by Crippen LogP contribution is -2.28. The first-order chi connectivity index (χ1) is 20.0. The number of H-pyrrole nitrogens is 1. The standard InChI is InChI=1S/C29H29F3N6O3S/c1-36(17-26(39)41-2)15-24-34-35-25(16-37-23-5-3-4-22(23)27(40)33-28(37)42)38(24)14-18-6-8-19(9-7-18)20-10-12-21(13-11-20)29(30,31)32/h6-13H,3-5,14-17H2,1-2H3,(H,33,40,42). The number of alkyl halides is 3. The smallest absolute Gasteiger partial charge is 0.416 e. The van der Waals surface area contributed by atoms with Gasteiger partial charge in [0.25, 0.3) is 5.56 Å². The van der Waals surface area contributed by atoms with Crippen LogP contribution < -0.4 is 5.56 Å². The zero-order chi connectivity index (χ0) is 30.0. The van der Waals surface area contributed by atoms with Crippen LogP contribution in [-0.4, -0.2) is 55.9 Å². The average molecular weight is 599 g/mol. The number of halogens is 3. The molecule has 2 aromatic heterocycles. The van der Waals surface area contributed by atoms with Gasteiger partial charge >= 0.3 is 12.1 Å². The van der Waals surface area contributed by atoms with Crippen LogP contribution in [-0.2, 0) is 48.2 Å². The summed E-state index contributed by atoms with van der Waals surface area (Å²) >= 11 is 5.51. The summed E-state index contributed by atoms with van der Waals surface area (Å²) in [6.07, 6.45) is -2.07. The van der Waals surface area contributed by atoms with Gasteiger partial charge in [-0.25, -0.2) is 0 Å². The van der Waals surface area contributed by atoms with Gasteiger partial charge in [-0.15, -0.1) is 10.2 Å². The number of aromatic nitrogens is 5. The second kappa shape index (κ2) is 12.0. The second-order valence-electron chi connectivity index (χ2n) is 10.3. The summed E-state index contributed by atoms with van der Waals surface area (Å²) < 4.78 is 47.8. The molecule has 0 atom stereocenters. The van der Waals surface area contributed by atoms with Crippen molar-refractivity contribution in [2.75, 3.05) is 20.7 Å². The highest BCUT2D eigenvalue weighted by molar-refractivity contribution is 7.71. The molecule has 1 N–H and O–H groups in total. The van der Waals surface area contributed by atoms with E-state index >= 15 is 0 Å². The van der Waals surface area contributed by atoms with Gasteiger partial charge in [0.05, 0.1) is 38.9 Å². The number of esters is 1. The predicted molar refractivity (Wildman–Crippen MR) is 151 cm³/mol. The minimum atomic E-state index is -4.39. The molecule has 0 amide bonds. The van der Waals surface area contributed by atoms with Gasteiger partial charge in [-0.2, -0.15) is 13.2 Å². The van der Waals surface area contributed by atoms with Crippen LogP contribution in [0.3, 0.4) is 0 Å². The summed E-state index contributed by atoms with van der Waals surface area (Å²) in [5, 5.41) is 8.88. The first-order valence-electron chi connectivity index (χ1n) is 13.3. The molecule has 13 heteroatoms. The van der Waals surface area contributed by atoms with Gasteiger partial charge in [-0.3, -0.25) is 19.5 Å². The maximum absolute atomic E-state index is 13.0. The molecule has 1 aliphatic carbocycles. The van der Waals surface area contributed by atoms with Crippen molar-refractivity contribution >= 4 is 18.2 Å². The maximum atomic E-state index is 13.0. The largest absolute Gasteiger partial charge is 0.468 e. The molecular formula is C29H29F3N6O3S. The topological polar surface area (TPSA) is 98.0 Å². The lowest BCUT2D eigenvalue weighted by molar-refractivity contribution is -0.141. The minimum absolute atomic E-state index is 0.0685. The summed E-state index contributed by atoms with van der Waals surface area (Å²) in [6, 6.07) is 12.6. The first kappa shape index (κ1) is 29.4. The van der Waals surface area contributed by atoms with Crippen molar-refractivity contribution < 1.29 is 22.7 Å². The number of ether oxygens (including phenoxy) is 1. The van der Waals surface area contributed by atoms with E-state index in [0.29, 0.717) is 48.0 Å². The fourth-order valence-corrected chi connectivity index (χ4v) is 5.42. The Hall–Kier alpha value is -4.10. The molecule has 42 heavy (non-hydrogen) atoms. The number of likely N-dealkylation sites (N-methyl/N-ethyl adjacent to an activating group) is 1. The van der Waals surface area contributed by atoms with E-state index in [4.69, 9.17) is 17.0 Å². The van der Waals surface area contributed by atoms with Crippen LogP contribution >= 0.6 is 12.2 Å². The van der Waals surface area contributed by atoms with E-state index in [-0.39, 0.29) is 18.1 Å². The number of methoxy groups -OCH3 is 1. The zero-order valence-electron chi connectivity index (χ0n) is 23.1. The van der Waals surface area contributed by atoms with Crippen LogP contribution in [0, 0.1) is 4.77 Å². The lowest BCUT2D eigenvalue weighted by Gasteiger charge is -2.18. The number of nitrogens with one attached hydrogen (secondary N) is 1. The fraction of sp³-hybridized carbons (Fsp3) is 0.345. The summed E-state index contributed by atoms with van der Waals surface area (Å²) in [5.74, 6) is 0.870. The zero-order valence-corrected chi connectivity index (χ0v) is 23.9. The van der Waals surface area contributed by atoms with Crippen molar-refractivity contribution in [1.82, 2.24) is 29.2 Å². The second-order valence-corrected chi connectivity index (χ2v) is 10.6. The molecule has 2 aromatic carbocycles. The Bertz CT molecular complexity index is 1710. The summed E-state index contributed by atoms with van der Waals surface area (Å²) in [4.78, 5) is 28.8. The van der Waals surface area contributed by atoms with Crippen LogP contribution in [0.5, 0.6) is 0 Å². The molecule has 9 nitrogen and oxygen atoms in total. The Kier molecular flexibility index (Phi) is 8.41. The monoisotopic (exact) mass is 598 g/mol. The van der Waals surface area contributed by atoms with Crippen LogP contribution in [0.25, 0.3) is 11.1 Å². The van der Waals surface area contributed by atoms with Crippen molar-refractivity contribution in [2.45, 2.75) is 45.1 Å². The van der Waals surface area contributed by atoms with E-state index in [2.05, 4.69) is 15.2 Å². The average Bonchev–Trinajstić information content (AvgIpc) is 3.59. The number of rotatable bonds is 9. The molecular weight excluding hydrogens is 569 g/mol. The molecule has 4 aromatic rings. The predicted octanol–water partition coefficient (Wildman–Crippen LogP) is 4.37. The highest BCUT2D eigenvalue weighted by Gasteiger charge is 2.30. The van der Waals surface area contributed by atoms with Crippen LogP contribution in [0.4, 0.5) is 13.2 Å². The van der Waals surface area contributed by atoms with Gasteiger partial charge in [0.2, 0.25) is 0 Å². The van der Waals surface area contributed by atoms with E-state index in [9.17, 15) is 22.8 Å². The molecule has 0 aliphatic heterocycles. The molecule has 220 valence electrons. The van der Waals surface area contributed by atoms with Crippen molar-refractivity contribution in [2.24, 2.45) is 0 Å². The molecule has 0 fully saturated rings. The number of nitrogens with zero attached hydrogens (tertiary/aromatic N) is 5. The first-order valence-corrected chi connectivity index (χ1v) is 13.7.